The van der Waals surface area contributed by atoms with Gasteiger partial charge in [-0.25, -0.2) is 9.65 Å². The number of hydrogen-bond donors (Lipinski definition) is 2. The van der Waals surface area contributed by atoms with Crippen molar-refractivity contribution >= 4 is 7.75 Å². The zero-order chi connectivity index (χ0) is 11.2. The molecule has 0 saturated carbocycles. The minimum Gasteiger partial charge on any atom is -0.312 e. The molecule has 0 aromatic heterocycles. The summed E-state index contributed by atoms with van der Waals surface area (Å²) in [7, 11) is -3.61. The van der Waals surface area contributed by atoms with Gasteiger partial charge in [0, 0.05) is 5.54 Å². The first kappa shape index (κ1) is 14.1. The number of nitrogens with one attached hydrogen (secondary N) is 1. The quantitative estimate of drug-likeness (QED) is 0.514. The summed E-state index contributed by atoms with van der Waals surface area (Å²) in [5.41, 5.74) is -0.365. The molecular weight excluding hydrogens is 201 g/mol. The normalized spacial score (nSPS) is 16.6. The van der Waals surface area contributed by atoms with Crippen molar-refractivity contribution in [2.45, 2.75) is 52.5 Å². The van der Waals surface area contributed by atoms with Crippen LogP contribution in [0.25, 0.3) is 0 Å². The second-order valence-corrected chi connectivity index (χ2v) is 5.58. The maximum absolute atomic E-state index is 11.5. The van der Waals surface area contributed by atoms with E-state index < -0.39 is 7.75 Å². The zero-order valence-corrected chi connectivity index (χ0v) is 10.4. The lowest BCUT2D eigenvalue weighted by Crippen LogP contribution is -2.36. The van der Waals surface area contributed by atoms with Crippen LogP contribution in [0.4, 0.5) is 0 Å². The van der Waals surface area contributed by atoms with Crippen molar-refractivity contribution in [3.05, 3.63) is 0 Å². The van der Waals surface area contributed by atoms with Gasteiger partial charge in [0.15, 0.2) is 0 Å². The standard InChI is InChI=1S/C9H22NO3P/c1-5-7-8-13-14(11,12)10-9(3,4)6-2/h5-8H2,1-4H3,(H2,10,11,12). The molecule has 0 aliphatic rings. The highest BCUT2D eigenvalue weighted by Gasteiger charge is 2.27. The van der Waals surface area contributed by atoms with Gasteiger partial charge in [-0.05, 0) is 26.7 Å². The van der Waals surface area contributed by atoms with Crippen molar-refractivity contribution in [2.24, 2.45) is 0 Å². The Labute approximate surface area is 86.6 Å². The summed E-state index contributed by atoms with van der Waals surface area (Å²) >= 11 is 0. The van der Waals surface area contributed by atoms with Crippen LogP contribution in [0.5, 0.6) is 0 Å². The highest BCUT2D eigenvalue weighted by atomic mass is 31.2. The Morgan fingerprint density at radius 3 is 2.43 bits per heavy atom. The molecule has 2 N–H and O–H groups in total. The Bertz CT molecular complexity index is 206. The lowest BCUT2D eigenvalue weighted by molar-refractivity contribution is 0.231. The molecule has 86 valence electrons. The van der Waals surface area contributed by atoms with Gasteiger partial charge in [-0.3, -0.25) is 4.52 Å². The van der Waals surface area contributed by atoms with E-state index in [0.717, 1.165) is 19.3 Å². The molecule has 5 heteroatoms. The highest BCUT2D eigenvalue weighted by Crippen LogP contribution is 2.40. The van der Waals surface area contributed by atoms with Crippen molar-refractivity contribution in [3.8, 4) is 0 Å². The maximum Gasteiger partial charge on any atom is 0.403 e. The molecule has 0 aromatic rings. The molecule has 14 heavy (non-hydrogen) atoms. The van der Waals surface area contributed by atoms with E-state index in [9.17, 15) is 9.46 Å². The molecular formula is C9H22NO3P. The van der Waals surface area contributed by atoms with Gasteiger partial charge in [0.2, 0.25) is 0 Å². The molecule has 0 radical (unpaired) electrons. The summed E-state index contributed by atoms with van der Waals surface area (Å²) in [5, 5.41) is 2.63. The van der Waals surface area contributed by atoms with Crippen LogP contribution in [0, 0.1) is 0 Å². The third kappa shape index (κ3) is 6.55. The summed E-state index contributed by atoms with van der Waals surface area (Å²) in [5.74, 6) is 0. The molecule has 0 aromatic carbocycles. The molecule has 0 amide bonds. The first-order valence-electron chi connectivity index (χ1n) is 5.10. The van der Waals surface area contributed by atoms with Crippen molar-refractivity contribution in [1.82, 2.24) is 5.09 Å². The largest absolute Gasteiger partial charge is 0.403 e. The SMILES string of the molecule is CCCCOP(=O)(O)NC(C)(C)CC. The summed E-state index contributed by atoms with van der Waals surface area (Å²) < 4.78 is 16.4. The zero-order valence-electron chi connectivity index (χ0n) is 9.54. The van der Waals surface area contributed by atoms with Gasteiger partial charge < -0.3 is 4.89 Å². The van der Waals surface area contributed by atoms with Crippen LogP contribution < -0.4 is 5.09 Å². The van der Waals surface area contributed by atoms with Gasteiger partial charge >= 0.3 is 7.75 Å². The van der Waals surface area contributed by atoms with E-state index in [-0.39, 0.29) is 5.54 Å². The van der Waals surface area contributed by atoms with E-state index in [1.54, 1.807) is 0 Å². The molecule has 1 unspecified atom stereocenters. The molecule has 0 aliphatic heterocycles. The van der Waals surface area contributed by atoms with Crippen LogP contribution >= 0.6 is 7.75 Å². The van der Waals surface area contributed by atoms with Gasteiger partial charge in [-0.2, -0.15) is 0 Å². The average molecular weight is 223 g/mol. The van der Waals surface area contributed by atoms with E-state index in [1.165, 1.54) is 0 Å². The Kier molecular flexibility index (Phi) is 5.91. The molecule has 0 fully saturated rings. The molecule has 0 bridgehead atoms. The topological polar surface area (TPSA) is 58.6 Å². The summed E-state index contributed by atoms with van der Waals surface area (Å²) in [4.78, 5) is 9.43. The smallest absolute Gasteiger partial charge is 0.312 e. The lowest BCUT2D eigenvalue weighted by Gasteiger charge is -2.27. The number of hydrogen-bond acceptors (Lipinski definition) is 2. The lowest BCUT2D eigenvalue weighted by atomic mass is 10.0. The van der Waals surface area contributed by atoms with E-state index in [4.69, 9.17) is 4.52 Å². The van der Waals surface area contributed by atoms with E-state index in [0.29, 0.717) is 6.61 Å². The van der Waals surface area contributed by atoms with E-state index in [1.807, 2.05) is 27.7 Å². The van der Waals surface area contributed by atoms with Crippen LogP contribution in [0.1, 0.15) is 47.0 Å². The van der Waals surface area contributed by atoms with Gasteiger partial charge in [-0.1, -0.05) is 20.3 Å². The molecule has 0 rings (SSSR count). The molecule has 0 spiro atoms. The van der Waals surface area contributed by atoms with Crippen LogP contribution in [-0.4, -0.2) is 17.0 Å². The minimum atomic E-state index is -3.61. The Morgan fingerprint density at radius 2 is 2.00 bits per heavy atom. The predicted octanol–water partition coefficient (Wildman–Crippen LogP) is 2.68. The Hall–Kier alpha value is 0.110. The fraction of sp³-hybridized carbons (Fsp3) is 1.00. The molecule has 0 saturated heterocycles. The van der Waals surface area contributed by atoms with Crippen LogP contribution in [0.3, 0.4) is 0 Å². The first-order chi connectivity index (χ1) is 6.33. The summed E-state index contributed by atoms with van der Waals surface area (Å²) in [6, 6.07) is 0. The number of unbranched alkanes of at least 4 members (excludes halogenated alkanes) is 1. The molecule has 0 aliphatic carbocycles. The fourth-order valence-corrected chi connectivity index (χ4v) is 2.19. The van der Waals surface area contributed by atoms with Crippen molar-refractivity contribution in [3.63, 3.8) is 0 Å². The fourth-order valence-electron chi connectivity index (χ4n) is 0.826. The highest BCUT2D eigenvalue weighted by molar-refractivity contribution is 7.50. The van der Waals surface area contributed by atoms with Gasteiger partial charge in [0.1, 0.15) is 0 Å². The van der Waals surface area contributed by atoms with Gasteiger partial charge in [0.05, 0.1) is 6.61 Å². The third-order valence-corrected chi connectivity index (χ3v) is 3.51. The predicted molar refractivity (Wildman–Crippen MR) is 58.2 cm³/mol. The third-order valence-electron chi connectivity index (χ3n) is 2.09. The van der Waals surface area contributed by atoms with E-state index >= 15 is 0 Å². The first-order valence-corrected chi connectivity index (χ1v) is 6.67. The van der Waals surface area contributed by atoms with Crippen molar-refractivity contribution in [1.29, 1.82) is 0 Å². The molecule has 4 nitrogen and oxygen atoms in total. The van der Waals surface area contributed by atoms with Crippen LogP contribution in [0.15, 0.2) is 0 Å². The Balaban J connectivity index is 4.00. The number of rotatable bonds is 7. The monoisotopic (exact) mass is 223 g/mol. The van der Waals surface area contributed by atoms with Gasteiger partial charge in [0.25, 0.3) is 0 Å². The van der Waals surface area contributed by atoms with Crippen molar-refractivity contribution < 1.29 is 14.0 Å². The van der Waals surface area contributed by atoms with E-state index in [2.05, 4.69) is 5.09 Å². The van der Waals surface area contributed by atoms with Crippen LogP contribution in [0.2, 0.25) is 0 Å². The summed E-state index contributed by atoms with van der Waals surface area (Å²) in [6.45, 7) is 8.04. The van der Waals surface area contributed by atoms with Gasteiger partial charge in [-0.15, -0.1) is 0 Å². The molecule has 1 atom stereocenters. The second kappa shape index (κ2) is 5.86. The Morgan fingerprint density at radius 1 is 1.43 bits per heavy atom. The maximum atomic E-state index is 11.5. The van der Waals surface area contributed by atoms with Crippen LogP contribution in [-0.2, 0) is 9.09 Å². The second-order valence-electron chi connectivity index (χ2n) is 4.06. The average Bonchev–Trinajstić information content (AvgIpc) is 2.03. The minimum absolute atomic E-state index is 0.330. The summed E-state index contributed by atoms with van der Waals surface area (Å²) in [6.07, 6.45) is 2.53. The van der Waals surface area contributed by atoms with Crippen molar-refractivity contribution in [2.75, 3.05) is 6.61 Å². The molecule has 0 heterocycles.